The summed E-state index contributed by atoms with van der Waals surface area (Å²) in [6.45, 7) is 0. The van der Waals surface area contributed by atoms with Crippen LogP contribution in [0.4, 0.5) is 24.0 Å². The molecule has 0 aliphatic rings. The molecule has 1 N–H and O–H groups in total. The van der Waals surface area contributed by atoms with Crippen molar-refractivity contribution < 1.29 is 17.9 Å². The first-order chi connectivity index (χ1) is 14.0. The zero-order valence-electron chi connectivity index (χ0n) is 15.0. The number of alkyl halides is 3. The molecule has 4 rings (SSSR count). The van der Waals surface area contributed by atoms with Crippen molar-refractivity contribution in [1.82, 2.24) is 4.98 Å². The maximum Gasteiger partial charge on any atom is 0.573 e. The van der Waals surface area contributed by atoms with Crippen molar-refractivity contribution in [2.45, 2.75) is 6.36 Å². The molecule has 0 saturated carbocycles. The van der Waals surface area contributed by atoms with E-state index in [9.17, 15) is 13.2 Å². The Hall–Kier alpha value is -3.32. The first-order valence-electron chi connectivity index (χ1n) is 8.72. The van der Waals surface area contributed by atoms with Crippen molar-refractivity contribution in [3.63, 3.8) is 0 Å². The van der Waals surface area contributed by atoms with Gasteiger partial charge in [0.25, 0.3) is 0 Å². The van der Waals surface area contributed by atoms with Crippen LogP contribution in [0.15, 0.2) is 84.9 Å². The topological polar surface area (TPSA) is 34.1 Å². The number of hydrogen-bond donors (Lipinski definition) is 1. The second-order valence-corrected chi connectivity index (χ2v) is 7.13. The van der Waals surface area contributed by atoms with Gasteiger partial charge in [0.15, 0.2) is 5.13 Å². The van der Waals surface area contributed by atoms with Gasteiger partial charge < -0.3 is 10.1 Å². The average Bonchev–Trinajstić information content (AvgIpc) is 3.14. The Morgan fingerprint density at radius 1 is 0.759 bits per heavy atom. The quantitative estimate of drug-likeness (QED) is 0.379. The Labute approximate surface area is 169 Å². The summed E-state index contributed by atoms with van der Waals surface area (Å²) in [5.74, 6) is -0.267. The van der Waals surface area contributed by atoms with Crippen molar-refractivity contribution in [3.8, 4) is 27.4 Å². The van der Waals surface area contributed by atoms with Gasteiger partial charge >= 0.3 is 6.36 Å². The van der Waals surface area contributed by atoms with Gasteiger partial charge in [-0.25, -0.2) is 4.98 Å². The van der Waals surface area contributed by atoms with E-state index in [0.717, 1.165) is 21.7 Å². The summed E-state index contributed by atoms with van der Waals surface area (Å²) in [6, 6.07) is 25.3. The molecule has 0 saturated heterocycles. The molecule has 4 aromatic rings. The normalized spacial score (nSPS) is 11.3. The molecule has 1 heterocycles. The third kappa shape index (κ3) is 4.75. The molecule has 0 bridgehead atoms. The summed E-state index contributed by atoms with van der Waals surface area (Å²) >= 11 is 1.48. The summed E-state index contributed by atoms with van der Waals surface area (Å²) in [5, 5.41) is 3.81. The molecule has 146 valence electrons. The Morgan fingerprint density at radius 2 is 1.34 bits per heavy atom. The number of aromatic nitrogens is 1. The lowest BCUT2D eigenvalue weighted by Gasteiger charge is -2.09. The molecule has 3 aromatic carbocycles. The monoisotopic (exact) mass is 412 g/mol. The summed E-state index contributed by atoms with van der Waals surface area (Å²) in [6.07, 6.45) is -4.71. The van der Waals surface area contributed by atoms with Crippen LogP contribution in [-0.4, -0.2) is 11.3 Å². The van der Waals surface area contributed by atoms with E-state index in [-0.39, 0.29) is 5.75 Å². The number of anilines is 2. The molecule has 29 heavy (non-hydrogen) atoms. The van der Waals surface area contributed by atoms with Gasteiger partial charge in [-0.2, -0.15) is 0 Å². The van der Waals surface area contributed by atoms with E-state index in [4.69, 9.17) is 4.98 Å². The van der Waals surface area contributed by atoms with Crippen LogP contribution >= 0.6 is 11.3 Å². The predicted octanol–water partition coefficient (Wildman–Crippen LogP) is 7.12. The molecule has 7 heteroatoms. The lowest BCUT2D eigenvalue weighted by molar-refractivity contribution is -0.274. The molecule has 3 nitrogen and oxygen atoms in total. The molecular weight excluding hydrogens is 397 g/mol. The highest BCUT2D eigenvalue weighted by atomic mass is 32.1. The minimum Gasteiger partial charge on any atom is -0.406 e. The molecule has 0 radical (unpaired) electrons. The smallest absolute Gasteiger partial charge is 0.406 e. The number of nitrogens with one attached hydrogen (secondary N) is 1. The fourth-order valence-electron chi connectivity index (χ4n) is 2.81. The van der Waals surface area contributed by atoms with Gasteiger partial charge in [-0.3, -0.25) is 0 Å². The lowest BCUT2D eigenvalue weighted by Crippen LogP contribution is -2.16. The Bertz CT molecular complexity index is 1020. The molecule has 0 amide bonds. The molecule has 0 fully saturated rings. The highest BCUT2D eigenvalue weighted by Crippen LogP contribution is 2.40. The zero-order valence-corrected chi connectivity index (χ0v) is 15.8. The summed E-state index contributed by atoms with van der Waals surface area (Å²) < 4.78 is 40.8. The average molecular weight is 412 g/mol. The highest BCUT2D eigenvalue weighted by molar-refractivity contribution is 7.19. The van der Waals surface area contributed by atoms with Crippen LogP contribution in [-0.2, 0) is 0 Å². The zero-order chi connectivity index (χ0) is 20.3. The first-order valence-corrected chi connectivity index (χ1v) is 9.54. The molecule has 0 aliphatic heterocycles. The molecular formula is C22H15F3N2OS. The number of thiazole rings is 1. The molecule has 1 aromatic heterocycles. The number of benzene rings is 3. The minimum absolute atomic E-state index is 0.267. The fraction of sp³-hybridized carbons (Fsp3) is 0.0455. The van der Waals surface area contributed by atoms with Crippen molar-refractivity contribution in [1.29, 1.82) is 0 Å². The van der Waals surface area contributed by atoms with E-state index >= 15 is 0 Å². The number of hydrogen-bond acceptors (Lipinski definition) is 4. The second-order valence-electron chi connectivity index (χ2n) is 6.13. The number of halogens is 3. The van der Waals surface area contributed by atoms with Crippen molar-refractivity contribution in [3.05, 3.63) is 84.9 Å². The Balaban J connectivity index is 1.64. The first kappa shape index (κ1) is 19.0. The maximum atomic E-state index is 12.3. The number of rotatable bonds is 5. The third-order valence-electron chi connectivity index (χ3n) is 4.05. The maximum absolute atomic E-state index is 12.3. The summed E-state index contributed by atoms with van der Waals surface area (Å²) in [7, 11) is 0. The summed E-state index contributed by atoms with van der Waals surface area (Å²) in [4.78, 5) is 5.74. The largest absolute Gasteiger partial charge is 0.573 e. The van der Waals surface area contributed by atoms with Crippen LogP contribution in [0, 0.1) is 0 Å². The second kappa shape index (κ2) is 7.97. The van der Waals surface area contributed by atoms with Crippen molar-refractivity contribution in [2.24, 2.45) is 0 Å². The van der Waals surface area contributed by atoms with Crippen molar-refractivity contribution >= 4 is 22.2 Å². The van der Waals surface area contributed by atoms with E-state index < -0.39 is 6.36 Å². The van der Waals surface area contributed by atoms with Gasteiger partial charge in [0.05, 0.1) is 10.6 Å². The van der Waals surface area contributed by atoms with E-state index in [2.05, 4.69) is 10.1 Å². The van der Waals surface area contributed by atoms with Gasteiger partial charge in [0.1, 0.15) is 5.75 Å². The molecule has 0 unspecified atom stereocenters. The highest BCUT2D eigenvalue weighted by Gasteiger charge is 2.31. The Kier molecular flexibility index (Phi) is 5.22. The molecule has 0 spiro atoms. The van der Waals surface area contributed by atoms with Crippen LogP contribution in [0.1, 0.15) is 0 Å². The van der Waals surface area contributed by atoms with Crippen LogP contribution in [0.25, 0.3) is 21.7 Å². The molecule has 0 aliphatic carbocycles. The van der Waals surface area contributed by atoms with Crippen molar-refractivity contribution in [2.75, 3.05) is 5.32 Å². The number of nitrogens with zero attached hydrogens (tertiary/aromatic N) is 1. The van der Waals surface area contributed by atoms with Gasteiger partial charge in [-0.15, -0.1) is 13.2 Å². The van der Waals surface area contributed by atoms with Gasteiger partial charge in [0.2, 0.25) is 0 Å². The number of ether oxygens (including phenoxy) is 1. The SMILES string of the molecule is FC(F)(F)Oc1ccc(Nc2nc(-c3ccccc3)c(-c3ccccc3)s2)cc1. The minimum atomic E-state index is -4.71. The van der Waals surface area contributed by atoms with E-state index in [0.29, 0.717) is 10.8 Å². The lowest BCUT2D eigenvalue weighted by atomic mass is 10.1. The van der Waals surface area contributed by atoms with Gasteiger partial charge in [0, 0.05) is 11.3 Å². The standard InChI is InChI=1S/C22H15F3N2OS/c23-22(24,25)28-18-13-11-17(12-14-18)26-21-27-19(15-7-3-1-4-8-15)20(29-21)16-9-5-2-6-10-16/h1-14H,(H,26,27). The molecule has 0 atom stereocenters. The third-order valence-corrected chi connectivity index (χ3v) is 5.07. The Morgan fingerprint density at radius 3 is 1.93 bits per heavy atom. The predicted molar refractivity (Wildman–Crippen MR) is 109 cm³/mol. The van der Waals surface area contributed by atoms with Crippen LogP contribution in [0.2, 0.25) is 0 Å². The van der Waals surface area contributed by atoms with Crippen LogP contribution < -0.4 is 10.1 Å². The van der Waals surface area contributed by atoms with E-state index in [1.807, 2.05) is 60.7 Å². The summed E-state index contributed by atoms with van der Waals surface area (Å²) in [5.41, 5.74) is 3.50. The fourth-order valence-corrected chi connectivity index (χ4v) is 3.83. The van der Waals surface area contributed by atoms with Gasteiger partial charge in [-0.1, -0.05) is 72.0 Å². The van der Waals surface area contributed by atoms with Crippen LogP contribution in [0.3, 0.4) is 0 Å². The van der Waals surface area contributed by atoms with E-state index in [1.165, 1.54) is 35.6 Å². The van der Waals surface area contributed by atoms with Crippen LogP contribution in [0.5, 0.6) is 5.75 Å². The van der Waals surface area contributed by atoms with Gasteiger partial charge in [-0.05, 0) is 29.8 Å². The van der Waals surface area contributed by atoms with E-state index in [1.54, 1.807) is 0 Å².